The number of rotatable bonds is 20. The van der Waals surface area contributed by atoms with E-state index in [1.54, 1.807) is 12.0 Å². The number of Topliss-reactive ketones (excluding diaryl/α,β-unsaturated/α-hetero) is 4. The summed E-state index contributed by atoms with van der Waals surface area (Å²) in [7, 11) is 1.54. The molecule has 4 rings (SSSR count). The van der Waals surface area contributed by atoms with Crippen LogP contribution in [-0.2, 0) is 33.4 Å². The Morgan fingerprint density at radius 2 is 1.69 bits per heavy atom. The molecule has 1 saturated heterocycles. The number of nitrogens with one attached hydrogen (secondary N) is 1. The van der Waals surface area contributed by atoms with Crippen LogP contribution in [0.3, 0.4) is 0 Å². The second-order valence-electron chi connectivity index (χ2n) is 14.8. The lowest BCUT2D eigenvalue weighted by atomic mass is 9.83. The van der Waals surface area contributed by atoms with Crippen LogP contribution < -0.4 is 5.32 Å². The summed E-state index contributed by atoms with van der Waals surface area (Å²) in [5.41, 5.74) is 0.168. The van der Waals surface area contributed by atoms with Gasteiger partial charge in [0.25, 0.3) is 0 Å². The Hall–Kier alpha value is -3.38. The summed E-state index contributed by atoms with van der Waals surface area (Å²) in [5, 5.41) is 2.94. The number of hydrogen-bond acceptors (Lipinski definition) is 10. The average molecular weight is 683 g/mol. The second kappa shape index (κ2) is 17.5. The summed E-state index contributed by atoms with van der Waals surface area (Å²) < 4.78 is 11.1. The zero-order valence-electron chi connectivity index (χ0n) is 29.9. The number of carbonyl (C=O) groups excluding carboxylic acids is 6. The molecule has 2 heterocycles. The quantitative estimate of drug-likeness (QED) is 0.121. The molecule has 2 saturated carbocycles. The van der Waals surface area contributed by atoms with Gasteiger partial charge in [-0.15, -0.1) is 0 Å². The van der Waals surface area contributed by atoms with Crippen LogP contribution in [0.2, 0.25) is 0 Å². The van der Waals surface area contributed by atoms with E-state index in [2.05, 4.69) is 15.3 Å². The van der Waals surface area contributed by atoms with Crippen molar-refractivity contribution >= 4 is 34.9 Å². The van der Waals surface area contributed by atoms with Crippen LogP contribution in [0.25, 0.3) is 0 Å². The van der Waals surface area contributed by atoms with Crippen molar-refractivity contribution < 1.29 is 38.2 Å². The van der Waals surface area contributed by atoms with Gasteiger partial charge in [-0.3, -0.25) is 33.8 Å². The number of aromatic nitrogens is 2. The number of ketones is 4. The molecule has 12 nitrogen and oxygen atoms in total. The number of amides is 2. The lowest BCUT2D eigenvalue weighted by Crippen LogP contribution is -2.56. The minimum Gasteiger partial charge on any atom is -0.359 e. The van der Waals surface area contributed by atoms with Crippen LogP contribution in [0.15, 0.2) is 18.6 Å². The monoisotopic (exact) mass is 682 g/mol. The molecule has 2 amide bonds. The SMILES string of the molecule is CCCC(CC(=O)[C@@H]1[C@H]2CC[C@@H](OCOC)[C@H]2CN1C(=O)[C@@H](NC(=O)[C@@H](CC(=O)c1cnccn1)C(C)C)C(C)C)C(=O)C(=O)CC1CC1. The molecule has 7 atom stereocenters. The molecule has 2 aliphatic carbocycles. The molecule has 1 N–H and O–H groups in total. The number of hydrogen-bond donors (Lipinski definition) is 1. The maximum atomic E-state index is 14.5. The first-order chi connectivity index (χ1) is 23.4. The minimum atomic E-state index is -0.957. The lowest BCUT2D eigenvalue weighted by molar-refractivity contribution is -0.145. The van der Waals surface area contributed by atoms with Crippen molar-refractivity contribution in [2.24, 2.45) is 41.4 Å². The van der Waals surface area contributed by atoms with Gasteiger partial charge in [0.1, 0.15) is 18.5 Å². The highest BCUT2D eigenvalue weighted by atomic mass is 16.7. The Morgan fingerprint density at radius 3 is 2.29 bits per heavy atom. The Kier molecular flexibility index (Phi) is 13.7. The normalized spacial score (nSPS) is 23.6. The summed E-state index contributed by atoms with van der Waals surface area (Å²) in [6.45, 7) is 9.63. The van der Waals surface area contributed by atoms with Crippen LogP contribution in [0.4, 0.5) is 0 Å². The van der Waals surface area contributed by atoms with E-state index in [4.69, 9.17) is 9.47 Å². The predicted octanol–water partition coefficient (Wildman–Crippen LogP) is 4.00. The molecule has 49 heavy (non-hydrogen) atoms. The molecule has 0 radical (unpaired) electrons. The van der Waals surface area contributed by atoms with E-state index in [-0.39, 0.29) is 91.5 Å². The number of methoxy groups -OCH3 is 1. The smallest absolute Gasteiger partial charge is 0.246 e. The van der Waals surface area contributed by atoms with Gasteiger partial charge in [0.2, 0.25) is 17.6 Å². The van der Waals surface area contributed by atoms with E-state index >= 15 is 0 Å². The van der Waals surface area contributed by atoms with Crippen molar-refractivity contribution in [1.82, 2.24) is 20.2 Å². The second-order valence-corrected chi connectivity index (χ2v) is 14.8. The largest absolute Gasteiger partial charge is 0.359 e. The van der Waals surface area contributed by atoms with Crippen molar-refractivity contribution in [2.75, 3.05) is 20.4 Å². The first kappa shape index (κ1) is 38.4. The van der Waals surface area contributed by atoms with Crippen LogP contribution >= 0.6 is 0 Å². The molecule has 1 aromatic rings. The van der Waals surface area contributed by atoms with Crippen molar-refractivity contribution in [3.05, 3.63) is 24.3 Å². The molecule has 270 valence electrons. The van der Waals surface area contributed by atoms with E-state index in [0.29, 0.717) is 25.7 Å². The zero-order valence-corrected chi connectivity index (χ0v) is 29.9. The standard InChI is InChI=1S/C37H54N4O8/c1-7-8-24(35(45)31(44)15-23-9-10-23)16-30(43)34-25-11-12-32(49-20-48-6)27(25)19-41(34)37(47)33(22(4)5)40-36(46)26(21(2)3)17-29(42)28-18-38-13-14-39-28/h13-14,18,21-27,32-34H,7-12,15-17,19-20H2,1-6H3,(H,40,46)/t24?,25-,26-,27-,32+,33-,34-/m0/s1. The molecule has 0 aromatic carbocycles. The van der Waals surface area contributed by atoms with E-state index in [1.807, 2.05) is 34.6 Å². The van der Waals surface area contributed by atoms with Gasteiger partial charge in [-0.2, -0.15) is 0 Å². The first-order valence-corrected chi connectivity index (χ1v) is 18.0. The fourth-order valence-corrected chi connectivity index (χ4v) is 7.56. The van der Waals surface area contributed by atoms with Gasteiger partial charge in [0, 0.05) is 63.1 Å². The lowest BCUT2D eigenvalue weighted by Gasteiger charge is -2.33. The highest BCUT2D eigenvalue weighted by Gasteiger charge is 2.54. The predicted molar refractivity (Wildman–Crippen MR) is 180 cm³/mol. The molecule has 3 aliphatic rings. The van der Waals surface area contributed by atoms with Gasteiger partial charge in [0.15, 0.2) is 17.3 Å². The summed E-state index contributed by atoms with van der Waals surface area (Å²) in [5.74, 6) is -4.27. The summed E-state index contributed by atoms with van der Waals surface area (Å²) in [4.78, 5) is 91.2. The van der Waals surface area contributed by atoms with Gasteiger partial charge < -0.3 is 19.7 Å². The molecule has 3 fully saturated rings. The van der Waals surface area contributed by atoms with Crippen LogP contribution in [0, 0.1) is 41.4 Å². The van der Waals surface area contributed by atoms with E-state index < -0.39 is 41.4 Å². The highest BCUT2D eigenvalue weighted by Crippen LogP contribution is 2.45. The number of fused-ring (bicyclic) bond motifs is 1. The van der Waals surface area contributed by atoms with Gasteiger partial charge >= 0.3 is 0 Å². The fraction of sp³-hybridized carbons (Fsp3) is 0.730. The minimum absolute atomic E-state index is 0.0885. The molecular formula is C37H54N4O8. The highest BCUT2D eigenvalue weighted by molar-refractivity contribution is 6.38. The van der Waals surface area contributed by atoms with Crippen molar-refractivity contribution in [2.45, 2.75) is 111 Å². The van der Waals surface area contributed by atoms with E-state index in [9.17, 15) is 28.8 Å². The third-order valence-corrected chi connectivity index (χ3v) is 10.5. The Morgan fingerprint density at radius 1 is 0.959 bits per heavy atom. The zero-order chi connectivity index (χ0) is 35.8. The molecular weight excluding hydrogens is 628 g/mol. The average Bonchev–Trinajstić information content (AvgIpc) is 3.68. The number of likely N-dealkylation sites (tertiary alicyclic amines) is 1. The van der Waals surface area contributed by atoms with Crippen LogP contribution in [0.1, 0.15) is 103 Å². The number of nitrogens with zero attached hydrogens (tertiary/aromatic N) is 3. The number of carbonyl (C=O) groups is 6. The maximum Gasteiger partial charge on any atom is 0.246 e. The van der Waals surface area contributed by atoms with E-state index in [0.717, 1.165) is 12.8 Å². The molecule has 0 spiro atoms. The molecule has 0 bridgehead atoms. The van der Waals surface area contributed by atoms with Crippen molar-refractivity contribution in [3.63, 3.8) is 0 Å². The van der Waals surface area contributed by atoms with Crippen LogP contribution in [0.5, 0.6) is 0 Å². The Labute approximate surface area is 289 Å². The summed E-state index contributed by atoms with van der Waals surface area (Å²) >= 11 is 0. The maximum absolute atomic E-state index is 14.5. The molecule has 1 aliphatic heterocycles. The molecule has 1 unspecified atom stereocenters. The third-order valence-electron chi connectivity index (χ3n) is 10.5. The summed E-state index contributed by atoms with van der Waals surface area (Å²) in [6.07, 6.45) is 8.41. The third kappa shape index (κ3) is 9.66. The van der Waals surface area contributed by atoms with Gasteiger partial charge in [-0.1, -0.05) is 41.0 Å². The first-order valence-electron chi connectivity index (χ1n) is 18.0. The van der Waals surface area contributed by atoms with Crippen molar-refractivity contribution in [1.29, 1.82) is 0 Å². The molecule has 1 aromatic heterocycles. The molecule has 12 heteroatoms. The summed E-state index contributed by atoms with van der Waals surface area (Å²) in [6, 6.07) is -1.77. The topological polar surface area (TPSA) is 162 Å². The van der Waals surface area contributed by atoms with Gasteiger partial charge in [-0.25, -0.2) is 4.98 Å². The Bertz CT molecular complexity index is 1350. The fourth-order valence-electron chi connectivity index (χ4n) is 7.56. The van der Waals surface area contributed by atoms with Crippen LogP contribution in [-0.4, -0.2) is 88.5 Å². The van der Waals surface area contributed by atoms with Gasteiger partial charge in [0.05, 0.1) is 18.3 Å². The Balaban J connectivity index is 1.56. The van der Waals surface area contributed by atoms with Gasteiger partial charge in [-0.05, 0) is 55.8 Å². The van der Waals surface area contributed by atoms with E-state index in [1.165, 1.54) is 18.6 Å². The van der Waals surface area contributed by atoms with Crippen molar-refractivity contribution in [3.8, 4) is 0 Å². The number of ether oxygens (including phenoxy) is 2.